The number of benzene rings is 2. The van der Waals surface area contributed by atoms with Crippen molar-refractivity contribution < 1.29 is 13.2 Å². The van der Waals surface area contributed by atoms with E-state index in [2.05, 4.69) is 14.6 Å². The molecule has 1 aromatic heterocycles. The zero-order valence-electron chi connectivity index (χ0n) is 19.5. The van der Waals surface area contributed by atoms with Crippen molar-refractivity contribution >= 4 is 50.5 Å². The summed E-state index contributed by atoms with van der Waals surface area (Å²) in [7, 11) is -3.62. The second-order valence-electron chi connectivity index (χ2n) is 7.64. The highest BCUT2D eigenvalue weighted by Crippen LogP contribution is 2.36. The van der Waals surface area contributed by atoms with Gasteiger partial charge in [0.25, 0.3) is 0 Å². The molecule has 4 rings (SSSR count). The van der Waals surface area contributed by atoms with Crippen LogP contribution in [0.2, 0.25) is 15.1 Å². The molecule has 0 spiro atoms. The van der Waals surface area contributed by atoms with E-state index in [-0.39, 0.29) is 23.6 Å². The average Bonchev–Trinajstić information content (AvgIpc) is 2.86. The maximum atomic E-state index is 12.5. The number of ether oxygens (including phenoxy) is 1. The Bertz CT molecular complexity index is 1200. The molecule has 0 radical (unpaired) electrons. The number of nitrogens with one attached hydrogen (secondary N) is 1. The predicted molar refractivity (Wildman–Crippen MR) is 143 cm³/mol. The first kappa shape index (κ1) is 27.7. The third-order valence-corrected chi connectivity index (χ3v) is 7.71. The summed E-state index contributed by atoms with van der Waals surface area (Å²) in [6.07, 6.45) is 3.18. The SMILES string of the molecule is CC.O=S(=O)(NCCC1CN(c2ccc(Cl)cc2)C(c2ccc(Cl)cc2Cl)CO1)c1cccnc1. The second kappa shape index (κ2) is 12.9. The standard InChI is InChI=1S/C23H22Cl3N3O3S.C2H6/c24-16-3-6-18(7-4-16)29-14-19(9-11-28-33(30,31)20-2-1-10-27-13-20)32-15-23(29)21-8-5-17(25)12-22(21)26;1-2/h1-8,10,12-13,19,23,28H,9,11,14-15H2;1-2H3. The van der Waals surface area contributed by atoms with E-state index in [0.29, 0.717) is 34.6 Å². The van der Waals surface area contributed by atoms with Gasteiger partial charge in [-0.25, -0.2) is 13.1 Å². The van der Waals surface area contributed by atoms with Crippen LogP contribution < -0.4 is 9.62 Å². The van der Waals surface area contributed by atoms with Crippen molar-refractivity contribution in [2.24, 2.45) is 0 Å². The van der Waals surface area contributed by atoms with Crippen molar-refractivity contribution in [1.29, 1.82) is 0 Å². The van der Waals surface area contributed by atoms with Crippen molar-refractivity contribution in [3.05, 3.63) is 87.6 Å². The van der Waals surface area contributed by atoms with Gasteiger partial charge in [-0.05, 0) is 60.5 Å². The normalized spacial score (nSPS) is 18.0. The molecule has 2 aromatic carbocycles. The lowest BCUT2D eigenvalue weighted by atomic mass is 10.0. The number of aromatic nitrogens is 1. The first-order valence-electron chi connectivity index (χ1n) is 11.3. The van der Waals surface area contributed by atoms with Gasteiger partial charge in [0.15, 0.2) is 0 Å². The lowest BCUT2D eigenvalue weighted by Gasteiger charge is -2.42. The maximum absolute atomic E-state index is 12.5. The summed E-state index contributed by atoms with van der Waals surface area (Å²) in [4.78, 5) is 6.21. The van der Waals surface area contributed by atoms with Gasteiger partial charge in [0.2, 0.25) is 10.0 Å². The van der Waals surface area contributed by atoms with Gasteiger partial charge in [0.1, 0.15) is 4.90 Å². The van der Waals surface area contributed by atoms with E-state index in [9.17, 15) is 8.42 Å². The van der Waals surface area contributed by atoms with Gasteiger partial charge in [0, 0.05) is 46.2 Å². The molecule has 35 heavy (non-hydrogen) atoms. The monoisotopic (exact) mass is 555 g/mol. The highest BCUT2D eigenvalue weighted by Gasteiger charge is 2.31. The molecule has 10 heteroatoms. The largest absolute Gasteiger partial charge is 0.374 e. The molecule has 0 aliphatic carbocycles. The fourth-order valence-electron chi connectivity index (χ4n) is 3.78. The van der Waals surface area contributed by atoms with E-state index in [0.717, 1.165) is 11.3 Å². The summed E-state index contributed by atoms with van der Waals surface area (Å²) in [5, 5.41) is 1.78. The molecule has 1 aliphatic heterocycles. The minimum Gasteiger partial charge on any atom is -0.374 e. The van der Waals surface area contributed by atoms with E-state index in [1.165, 1.54) is 18.5 Å². The molecule has 1 N–H and O–H groups in total. The lowest BCUT2D eigenvalue weighted by Crippen LogP contribution is -2.46. The molecule has 0 saturated carbocycles. The summed E-state index contributed by atoms with van der Waals surface area (Å²) in [5.41, 5.74) is 1.88. The Kier molecular flexibility index (Phi) is 10.2. The topological polar surface area (TPSA) is 71.5 Å². The van der Waals surface area contributed by atoms with Crippen molar-refractivity contribution in [3.63, 3.8) is 0 Å². The van der Waals surface area contributed by atoms with Crippen LogP contribution in [0.4, 0.5) is 5.69 Å². The third kappa shape index (κ3) is 7.32. The van der Waals surface area contributed by atoms with E-state index in [1.54, 1.807) is 12.1 Å². The van der Waals surface area contributed by atoms with Gasteiger partial charge < -0.3 is 9.64 Å². The van der Waals surface area contributed by atoms with Crippen LogP contribution in [0.3, 0.4) is 0 Å². The molecule has 2 unspecified atom stereocenters. The van der Waals surface area contributed by atoms with E-state index in [4.69, 9.17) is 39.5 Å². The number of morpholine rings is 1. The van der Waals surface area contributed by atoms with Crippen LogP contribution in [0.15, 0.2) is 71.9 Å². The molecule has 2 atom stereocenters. The average molecular weight is 557 g/mol. The minimum atomic E-state index is -3.62. The van der Waals surface area contributed by atoms with Crippen molar-refractivity contribution in [1.82, 2.24) is 9.71 Å². The van der Waals surface area contributed by atoms with Gasteiger partial charge in [0.05, 0.1) is 18.8 Å². The number of halogens is 3. The van der Waals surface area contributed by atoms with E-state index >= 15 is 0 Å². The Hall–Kier alpha value is -1.87. The maximum Gasteiger partial charge on any atom is 0.242 e. The van der Waals surface area contributed by atoms with Crippen LogP contribution in [-0.2, 0) is 14.8 Å². The lowest BCUT2D eigenvalue weighted by molar-refractivity contribution is 0.0150. The molecular formula is C25H28Cl3N3O3S. The predicted octanol–water partition coefficient (Wildman–Crippen LogP) is 6.38. The molecule has 3 aromatic rings. The quantitative estimate of drug-likeness (QED) is 0.365. The van der Waals surface area contributed by atoms with Crippen molar-refractivity contribution in [2.75, 3.05) is 24.6 Å². The molecule has 6 nitrogen and oxygen atoms in total. The molecule has 1 aliphatic rings. The van der Waals surface area contributed by atoms with Crippen LogP contribution in [0, 0.1) is 0 Å². The first-order chi connectivity index (χ1) is 16.8. The van der Waals surface area contributed by atoms with E-state index < -0.39 is 10.0 Å². The summed E-state index contributed by atoms with van der Waals surface area (Å²) in [5.74, 6) is 0. The Morgan fingerprint density at radius 1 is 1.06 bits per heavy atom. The second-order valence-corrected chi connectivity index (χ2v) is 10.7. The van der Waals surface area contributed by atoms with Gasteiger partial charge in [-0.1, -0.05) is 54.7 Å². The molecule has 0 bridgehead atoms. The number of anilines is 1. The van der Waals surface area contributed by atoms with Gasteiger partial charge >= 0.3 is 0 Å². The zero-order chi connectivity index (χ0) is 25.4. The fraction of sp³-hybridized carbons (Fsp3) is 0.320. The first-order valence-corrected chi connectivity index (χ1v) is 13.9. The molecular weight excluding hydrogens is 529 g/mol. The highest BCUT2D eigenvalue weighted by atomic mass is 35.5. The van der Waals surface area contributed by atoms with Gasteiger partial charge in [-0.15, -0.1) is 0 Å². The molecule has 188 valence electrons. The number of hydrogen-bond donors (Lipinski definition) is 1. The number of rotatable bonds is 7. The minimum absolute atomic E-state index is 0.126. The van der Waals surface area contributed by atoms with Gasteiger partial charge in [-0.2, -0.15) is 0 Å². The Labute approximate surface area is 222 Å². The molecule has 1 saturated heterocycles. The van der Waals surface area contributed by atoms with Crippen molar-refractivity contribution in [2.45, 2.75) is 37.3 Å². The highest BCUT2D eigenvalue weighted by molar-refractivity contribution is 7.89. The Balaban J connectivity index is 0.00000167. The Morgan fingerprint density at radius 3 is 2.43 bits per heavy atom. The summed E-state index contributed by atoms with van der Waals surface area (Å²) >= 11 is 18.7. The summed E-state index contributed by atoms with van der Waals surface area (Å²) in [6.45, 7) is 5.19. The Morgan fingerprint density at radius 2 is 1.77 bits per heavy atom. The van der Waals surface area contributed by atoms with Crippen LogP contribution in [0.5, 0.6) is 0 Å². The van der Waals surface area contributed by atoms with Crippen LogP contribution in [0.1, 0.15) is 31.9 Å². The fourth-order valence-corrected chi connectivity index (χ4v) is 5.45. The summed E-state index contributed by atoms with van der Waals surface area (Å²) < 4.78 is 33.6. The van der Waals surface area contributed by atoms with Crippen LogP contribution >= 0.6 is 34.8 Å². The molecule has 0 amide bonds. The van der Waals surface area contributed by atoms with E-state index in [1.807, 2.05) is 50.2 Å². The number of hydrogen-bond acceptors (Lipinski definition) is 5. The number of pyridine rings is 1. The third-order valence-electron chi connectivity index (χ3n) is 5.45. The number of nitrogens with zero attached hydrogens (tertiary/aromatic N) is 2. The van der Waals surface area contributed by atoms with Crippen molar-refractivity contribution in [3.8, 4) is 0 Å². The molecule has 1 fully saturated rings. The zero-order valence-corrected chi connectivity index (χ0v) is 22.6. The van der Waals surface area contributed by atoms with Crippen LogP contribution in [-0.4, -0.2) is 39.2 Å². The summed E-state index contributed by atoms with van der Waals surface area (Å²) in [6, 6.07) is 16.0. The number of sulfonamides is 1. The van der Waals surface area contributed by atoms with Crippen LogP contribution in [0.25, 0.3) is 0 Å². The van der Waals surface area contributed by atoms with Gasteiger partial charge in [-0.3, -0.25) is 4.98 Å². The smallest absolute Gasteiger partial charge is 0.242 e. The molecule has 2 heterocycles.